The number of hydrogen-bond acceptors (Lipinski definition) is 4. The zero-order valence-electron chi connectivity index (χ0n) is 8.57. The van der Waals surface area contributed by atoms with Gasteiger partial charge in [-0.3, -0.25) is 0 Å². The van der Waals surface area contributed by atoms with E-state index in [-0.39, 0.29) is 0 Å². The fourth-order valence-electron chi connectivity index (χ4n) is 1.57. The SMILES string of the molecule is CNc1cn2ccnc2c(NC2CC2)n1. The van der Waals surface area contributed by atoms with Gasteiger partial charge in [0.1, 0.15) is 5.82 Å². The second kappa shape index (κ2) is 3.12. The van der Waals surface area contributed by atoms with Crippen molar-refractivity contribution >= 4 is 17.3 Å². The Morgan fingerprint density at radius 1 is 1.47 bits per heavy atom. The first kappa shape index (κ1) is 8.52. The van der Waals surface area contributed by atoms with Crippen LogP contribution in [0.2, 0.25) is 0 Å². The van der Waals surface area contributed by atoms with Crippen molar-refractivity contribution in [2.24, 2.45) is 0 Å². The van der Waals surface area contributed by atoms with Crippen LogP contribution in [0.1, 0.15) is 12.8 Å². The molecule has 0 atom stereocenters. The summed E-state index contributed by atoms with van der Waals surface area (Å²) in [6.45, 7) is 0. The van der Waals surface area contributed by atoms with Crippen LogP contribution in [0.5, 0.6) is 0 Å². The zero-order chi connectivity index (χ0) is 10.3. The number of aromatic nitrogens is 3. The van der Waals surface area contributed by atoms with E-state index < -0.39 is 0 Å². The average Bonchev–Trinajstić information content (AvgIpc) is 2.93. The molecule has 5 heteroatoms. The summed E-state index contributed by atoms with van der Waals surface area (Å²) in [7, 11) is 1.87. The summed E-state index contributed by atoms with van der Waals surface area (Å²) in [5.41, 5.74) is 0.890. The van der Waals surface area contributed by atoms with Crippen LogP contribution in [0.4, 0.5) is 11.6 Å². The molecule has 2 aromatic heterocycles. The molecule has 0 bridgehead atoms. The first-order valence-electron chi connectivity index (χ1n) is 5.15. The second-order valence-electron chi connectivity index (χ2n) is 3.80. The Balaban J connectivity index is 2.09. The van der Waals surface area contributed by atoms with Crippen LogP contribution in [-0.2, 0) is 0 Å². The van der Waals surface area contributed by atoms with Crippen molar-refractivity contribution in [3.8, 4) is 0 Å². The van der Waals surface area contributed by atoms with Gasteiger partial charge in [-0.2, -0.15) is 0 Å². The van der Waals surface area contributed by atoms with Gasteiger partial charge < -0.3 is 15.0 Å². The molecule has 1 fully saturated rings. The number of nitrogens with zero attached hydrogens (tertiary/aromatic N) is 3. The molecule has 0 aromatic carbocycles. The number of rotatable bonds is 3. The molecule has 0 unspecified atom stereocenters. The first-order chi connectivity index (χ1) is 7.36. The summed E-state index contributed by atoms with van der Waals surface area (Å²) < 4.78 is 1.98. The van der Waals surface area contributed by atoms with Crippen molar-refractivity contribution in [1.29, 1.82) is 0 Å². The number of fused-ring (bicyclic) bond motifs is 1. The van der Waals surface area contributed by atoms with E-state index >= 15 is 0 Å². The number of anilines is 2. The van der Waals surface area contributed by atoms with Crippen molar-refractivity contribution in [1.82, 2.24) is 14.4 Å². The molecule has 1 aliphatic carbocycles. The van der Waals surface area contributed by atoms with Crippen LogP contribution in [0, 0.1) is 0 Å². The van der Waals surface area contributed by atoms with E-state index in [1.54, 1.807) is 6.20 Å². The maximum absolute atomic E-state index is 4.47. The van der Waals surface area contributed by atoms with E-state index in [0.29, 0.717) is 6.04 Å². The summed E-state index contributed by atoms with van der Waals surface area (Å²) in [5, 5.41) is 6.43. The molecule has 0 aliphatic heterocycles. The molecule has 0 amide bonds. The smallest absolute Gasteiger partial charge is 0.180 e. The molecule has 78 valence electrons. The Labute approximate surface area is 87.5 Å². The lowest BCUT2D eigenvalue weighted by Crippen LogP contribution is -2.07. The molecule has 2 aromatic rings. The van der Waals surface area contributed by atoms with Gasteiger partial charge in [-0.1, -0.05) is 0 Å². The van der Waals surface area contributed by atoms with Gasteiger partial charge in [-0.05, 0) is 12.8 Å². The lowest BCUT2D eigenvalue weighted by Gasteiger charge is -2.07. The molecule has 1 aliphatic rings. The Morgan fingerprint density at radius 2 is 2.33 bits per heavy atom. The van der Waals surface area contributed by atoms with Crippen molar-refractivity contribution in [2.45, 2.75) is 18.9 Å². The highest BCUT2D eigenvalue weighted by Crippen LogP contribution is 2.26. The molecule has 1 saturated carbocycles. The first-order valence-corrected chi connectivity index (χ1v) is 5.15. The van der Waals surface area contributed by atoms with Gasteiger partial charge in [0.15, 0.2) is 11.5 Å². The Morgan fingerprint density at radius 3 is 3.07 bits per heavy atom. The van der Waals surface area contributed by atoms with Crippen molar-refractivity contribution < 1.29 is 0 Å². The predicted octanol–water partition coefficient (Wildman–Crippen LogP) is 1.35. The molecule has 0 saturated heterocycles. The maximum Gasteiger partial charge on any atom is 0.180 e. The van der Waals surface area contributed by atoms with E-state index in [9.17, 15) is 0 Å². The average molecular weight is 203 g/mol. The van der Waals surface area contributed by atoms with Crippen LogP contribution in [-0.4, -0.2) is 27.5 Å². The van der Waals surface area contributed by atoms with Crippen molar-refractivity contribution in [3.05, 3.63) is 18.6 Å². The van der Waals surface area contributed by atoms with Gasteiger partial charge in [0.25, 0.3) is 0 Å². The number of hydrogen-bond donors (Lipinski definition) is 2. The van der Waals surface area contributed by atoms with Crippen molar-refractivity contribution in [2.75, 3.05) is 17.7 Å². The van der Waals surface area contributed by atoms with Gasteiger partial charge in [0.05, 0.1) is 6.20 Å². The van der Waals surface area contributed by atoms with Crippen LogP contribution < -0.4 is 10.6 Å². The third-order valence-electron chi connectivity index (χ3n) is 2.55. The minimum Gasteiger partial charge on any atom is -0.372 e. The van der Waals surface area contributed by atoms with Crippen LogP contribution in [0.25, 0.3) is 5.65 Å². The molecular formula is C10H13N5. The Kier molecular flexibility index (Phi) is 1.77. The predicted molar refractivity (Wildman–Crippen MR) is 59.2 cm³/mol. The largest absolute Gasteiger partial charge is 0.372 e. The van der Waals surface area contributed by atoms with Crippen LogP contribution in [0.3, 0.4) is 0 Å². The minimum atomic E-state index is 0.588. The molecule has 0 radical (unpaired) electrons. The summed E-state index contributed by atoms with van der Waals surface area (Å²) >= 11 is 0. The lowest BCUT2D eigenvalue weighted by atomic mass is 10.5. The third kappa shape index (κ3) is 1.49. The number of imidazole rings is 1. The highest BCUT2D eigenvalue weighted by molar-refractivity contribution is 5.66. The Hall–Kier alpha value is -1.78. The summed E-state index contributed by atoms with van der Waals surface area (Å²) in [5.74, 6) is 1.72. The number of nitrogens with one attached hydrogen (secondary N) is 2. The fourth-order valence-corrected chi connectivity index (χ4v) is 1.57. The summed E-state index contributed by atoms with van der Waals surface area (Å²) in [6, 6.07) is 0.588. The molecule has 15 heavy (non-hydrogen) atoms. The lowest BCUT2D eigenvalue weighted by molar-refractivity contribution is 1.07. The van der Waals surface area contributed by atoms with E-state index in [1.807, 2.05) is 23.8 Å². The molecule has 0 spiro atoms. The quantitative estimate of drug-likeness (QED) is 0.790. The topological polar surface area (TPSA) is 54.2 Å². The van der Waals surface area contributed by atoms with E-state index in [1.165, 1.54) is 12.8 Å². The van der Waals surface area contributed by atoms with Crippen molar-refractivity contribution in [3.63, 3.8) is 0 Å². The second-order valence-corrected chi connectivity index (χ2v) is 3.80. The standard InChI is InChI=1S/C10H13N5/c1-11-8-6-15-5-4-12-10(15)9(14-8)13-7-2-3-7/h4-7,11H,2-3H2,1H3,(H,13,14). The Bertz CT molecular complexity index is 486. The maximum atomic E-state index is 4.47. The highest BCUT2D eigenvalue weighted by atomic mass is 15.2. The highest BCUT2D eigenvalue weighted by Gasteiger charge is 2.22. The van der Waals surface area contributed by atoms with Gasteiger partial charge in [-0.25, -0.2) is 9.97 Å². The minimum absolute atomic E-state index is 0.588. The van der Waals surface area contributed by atoms with Gasteiger partial charge >= 0.3 is 0 Å². The van der Waals surface area contributed by atoms with Crippen LogP contribution >= 0.6 is 0 Å². The molecular weight excluding hydrogens is 190 g/mol. The normalized spacial score (nSPS) is 15.5. The van der Waals surface area contributed by atoms with Gasteiger partial charge in [0, 0.05) is 25.5 Å². The van der Waals surface area contributed by atoms with E-state index in [2.05, 4.69) is 20.6 Å². The monoisotopic (exact) mass is 203 g/mol. The van der Waals surface area contributed by atoms with E-state index in [4.69, 9.17) is 0 Å². The zero-order valence-corrected chi connectivity index (χ0v) is 8.57. The van der Waals surface area contributed by atoms with Gasteiger partial charge in [0.2, 0.25) is 0 Å². The molecule has 5 nitrogen and oxygen atoms in total. The molecule has 2 heterocycles. The molecule has 3 rings (SSSR count). The third-order valence-corrected chi connectivity index (χ3v) is 2.55. The fraction of sp³-hybridized carbons (Fsp3) is 0.400. The van der Waals surface area contributed by atoms with Crippen LogP contribution in [0.15, 0.2) is 18.6 Å². The molecule has 2 N–H and O–H groups in total. The van der Waals surface area contributed by atoms with E-state index in [0.717, 1.165) is 17.3 Å². The summed E-state index contributed by atoms with van der Waals surface area (Å²) in [4.78, 5) is 8.75. The van der Waals surface area contributed by atoms with Gasteiger partial charge in [-0.15, -0.1) is 0 Å². The summed E-state index contributed by atoms with van der Waals surface area (Å²) in [6.07, 6.45) is 8.11.